The van der Waals surface area contributed by atoms with Crippen LogP contribution in [0.1, 0.15) is 16.8 Å². The van der Waals surface area contributed by atoms with Crippen LogP contribution in [0.15, 0.2) is 23.1 Å². The smallest absolute Gasteiger partial charge is 0.251 e. The molecular formula is C12H18N2O2S. The number of anilines is 1. The lowest BCUT2D eigenvalue weighted by Gasteiger charge is -2.07. The molecule has 0 saturated heterocycles. The Balaban J connectivity index is 2.66. The summed E-state index contributed by atoms with van der Waals surface area (Å²) in [7, 11) is 3.30. The fraction of sp³-hybridized carbons (Fsp3) is 0.417. The number of nitrogens with one attached hydrogen (secondary N) is 1. The predicted octanol–water partition coefficient (Wildman–Crippen LogP) is 1.76. The molecule has 1 aromatic carbocycles. The van der Waals surface area contributed by atoms with Gasteiger partial charge in [-0.1, -0.05) is 0 Å². The number of thioether (sulfide) groups is 1. The fourth-order valence-corrected chi connectivity index (χ4v) is 2.26. The predicted molar refractivity (Wildman–Crippen MR) is 71.5 cm³/mol. The Morgan fingerprint density at radius 1 is 1.53 bits per heavy atom. The average Bonchev–Trinajstić information content (AvgIpc) is 2.35. The summed E-state index contributed by atoms with van der Waals surface area (Å²) in [5.74, 6) is 0.832. The molecule has 5 heteroatoms. The van der Waals surface area contributed by atoms with Gasteiger partial charge in [0.1, 0.15) is 0 Å². The Kier molecular flexibility index (Phi) is 5.86. The monoisotopic (exact) mass is 254 g/mol. The zero-order valence-corrected chi connectivity index (χ0v) is 11.0. The third-order valence-corrected chi connectivity index (χ3v) is 3.41. The summed E-state index contributed by atoms with van der Waals surface area (Å²) in [5, 5.41) is 2.60. The molecule has 0 bridgehead atoms. The Hall–Kier alpha value is -1.20. The molecule has 0 aliphatic carbocycles. The molecule has 0 radical (unpaired) electrons. The van der Waals surface area contributed by atoms with E-state index in [0.29, 0.717) is 11.3 Å². The SMILES string of the molecule is CNC(=O)c1ccc(N)c(SCCCOC)c1. The zero-order valence-electron chi connectivity index (χ0n) is 10.2. The van der Waals surface area contributed by atoms with Crippen molar-refractivity contribution in [1.29, 1.82) is 0 Å². The number of benzene rings is 1. The molecule has 0 aliphatic heterocycles. The molecule has 0 atom stereocenters. The summed E-state index contributed by atoms with van der Waals surface area (Å²) in [6, 6.07) is 5.32. The van der Waals surface area contributed by atoms with Crippen molar-refractivity contribution in [2.24, 2.45) is 0 Å². The van der Waals surface area contributed by atoms with E-state index in [1.165, 1.54) is 0 Å². The van der Waals surface area contributed by atoms with Gasteiger partial charge in [0, 0.05) is 42.7 Å². The van der Waals surface area contributed by atoms with Crippen LogP contribution in [-0.2, 0) is 4.74 Å². The molecular weight excluding hydrogens is 236 g/mol. The molecule has 0 unspecified atom stereocenters. The Morgan fingerprint density at radius 2 is 2.29 bits per heavy atom. The second kappa shape index (κ2) is 7.19. The Morgan fingerprint density at radius 3 is 2.94 bits per heavy atom. The molecule has 94 valence electrons. The molecule has 0 fully saturated rings. The van der Waals surface area contributed by atoms with Gasteiger partial charge in [-0.05, 0) is 24.6 Å². The van der Waals surface area contributed by atoms with Gasteiger partial charge in [0.15, 0.2) is 0 Å². The summed E-state index contributed by atoms with van der Waals surface area (Å²) in [5.41, 5.74) is 7.21. The van der Waals surface area contributed by atoms with E-state index >= 15 is 0 Å². The Labute approximate surface area is 106 Å². The topological polar surface area (TPSA) is 64.4 Å². The third kappa shape index (κ3) is 4.28. The van der Waals surface area contributed by atoms with Gasteiger partial charge in [-0.15, -0.1) is 11.8 Å². The zero-order chi connectivity index (χ0) is 12.7. The second-order valence-electron chi connectivity index (χ2n) is 3.53. The van der Waals surface area contributed by atoms with Crippen molar-refractivity contribution in [3.63, 3.8) is 0 Å². The first-order chi connectivity index (χ1) is 8.19. The van der Waals surface area contributed by atoms with E-state index in [1.807, 2.05) is 6.07 Å². The molecule has 0 aromatic heterocycles. The number of methoxy groups -OCH3 is 1. The van der Waals surface area contributed by atoms with E-state index in [2.05, 4.69) is 5.32 Å². The van der Waals surface area contributed by atoms with Crippen LogP contribution in [0.5, 0.6) is 0 Å². The standard InChI is InChI=1S/C12H18N2O2S/c1-14-12(15)9-4-5-10(13)11(8-9)17-7-3-6-16-2/h4-5,8H,3,6-7,13H2,1-2H3,(H,14,15). The third-order valence-electron chi connectivity index (χ3n) is 2.25. The molecule has 0 heterocycles. The summed E-state index contributed by atoms with van der Waals surface area (Å²) in [4.78, 5) is 12.4. The maximum Gasteiger partial charge on any atom is 0.251 e. The number of amides is 1. The van der Waals surface area contributed by atoms with Crippen LogP contribution in [0.25, 0.3) is 0 Å². The van der Waals surface area contributed by atoms with E-state index in [-0.39, 0.29) is 5.91 Å². The van der Waals surface area contributed by atoms with Gasteiger partial charge in [-0.25, -0.2) is 0 Å². The van der Waals surface area contributed by atoms with Crippen LogP contribution < -0.4 is 11.1 Å². The molecule has 0 spiro atoms. The fourth-order valence-electron chi connectivity index (χ4n) is 1.33. The number of hydrogen-bond donors (Lipinski definition) is 2. The van der Waals surface area contributed by atoms with Crippen molar-refractivity contribution in [3.8, 4) is 0 Å². The number of rotatable bonds is 6. The van der Waals surface area contributed by atoms with Gasteiger partial charge < -0.3 is 15.8 Å². The summed E-state index contributed by atoms with van der Waals surface area (Å²) in [6.07, 6.45) is 0.963. The molecule has 3 N–H and O–H groups in total. The lowest BCUT2D eigenvalue weighted by Crippen LogP contribution is -2.17. The minimum Gasteiger partial charge on any atom is -0.398 e. The van der Waals surface area contributed by atoms with E-state index in [0.717, 1.165) is 23.7 Å². The van der Waals surface area contributed by atoms with Gasteiger partial charge in [-0.2, -0.15) is 0 Å². The lowest BCUT2D eigenvalue weighted by molar-refractivity contribution is 0.0963. The average molecular weight is 254 g/mol. The van der Waals surface area contributed by atoms with Crippen LogP contribution in [0.2, 0.25) is 0 Å². The van der Waals surface area contributed by atoms with Crippen LogP contribution in [0.3, 0.4) is 0 Å². The number of nitrogen functional groups attached to an aromatic ring is 1. The maximum atomic E-state index is 11.5. The van der Waals surface area contributed by atoms with E-state index in [9.17, 15) is 4.79 Å². The number of carbonyl (C=O) groups excluding carboxylic acids is 1. The molecule has 0 saturated carbocycles. The van der Waals surface area contributed by atoms with Crippen molar-refractivity contribution in [2.75, 3.05) is 32.3 Å². The van der Waals surface area contributed by atoms with Crippen molar-refractivity contribution in [2.45, 2.75) is 11.3 Å². The highest BCUT2D eigenvalue weighted by atomic mass is 32.2. The minimum absolute atomic E-state index is 0.0938. The van der Waals surface area contributed by atoms with Crippen LogP contribution in [0, 0.1) is 0 Å². The molecule has 4 nitrogen and oxygen atoms in total. The van der Waals surface area contributed by atoms with Gasteiger partial charge in [-0.3, -0.25) is 4.79 Å². The summed E-state index contributed by atoms with van der Waals surface area (Å²) in [6.45, 7) is 0.738. The largest absolute Gasteiger partial charge is 0.398 e. The molecule has 0 aliphatic rings. The highest BCUT2D eigenvalue weighted by molar-refractivity contribution is 7.99. The van der Waals surface area contributed by atoms with Crippen molar-refractivity contribution >= 4 is 23.4 Å². The van der Waals surface area contributed by atoms with Gasteiger partial charge in [0.25, 0.3) is 5.91 Å². The number of ether oxygens (including phenoxy) is 1. The lowest BCUT2D eigenvalue weighted by atomic mass is 10.2. The maximum absolute atomic E-state index is 11.5. The number of hydrogen-bond acceptors (Lipinski definition) is 4. The van der Waals surface area contributed by atoms with E-state index in [1.54, 1.807) is 38.1 Å². The van der Waals surface area contributed by atoms with E-state index in [4.69, 9.17) is 10.5 Å². The number of carbonyl (C=O) groups is 1. The summed E-state index contributed by atoms with van der Waals surface area (Å²) >= 11 is 1.64. The Bertz CT molecular complexity index is 383. The van der Waals surface area contributed by atoms with Crippen molar-refractivity contribution in [1.82, 2.24) is 5.32 Å². The first-order valence-electron chi connectivity index (χ1n) is 5.42. The van der Waals surface area contributed by atoms with E-state index < -0.39 is 0 Å². The van der Waals surface area contributed by atoms with Crippen LogP contribution in [-0.4, -0.2) is 32.4 Å². The van der Waals surface area contributed by atoms with Crippen LogP contribution in [0.4, 0.5) is 5.69 Å². The summed E-state index contributed by atoms with van der Waals surface area (Å²) < 4.78 is 4.98. The van der Waals surface area contributed by atoms with Gasteiger partial charge in [0.2, 0.25) is 0 Å². The molecule has 1 aromatic rings. The second-order valence-corrected chi connectivity index (χ2v) is 4.66. The molecule has 17 heavy (non-hydrogen) atoms. The minimum atomic E-state index is -0.0938. The van der Waals surface area contributed by atoms with Crippen molar-refractivity contribution in [3.05, 3.63) is 23.8 Å². The van der Waals surface area contributed by atoms with Crippen molar-refractivity contribution < 1.29 is 9.53 Å². The van der Waals surface area contributed by atoms with Gasteiger partial charge in [0.05, 0.1) is 0 Å². The number of nitrogens with two attached hydrogens (primary N) is 1. The van der Waals surface area contributed by atoms with Crippen LogP contribution >= 0.6 is 11.8 Å². The highest BCUT2D eigenvalue weighted by Gasteiger charge is 2.07. The quantitative estimate of drug-likeness (QED) is 0.461. The van der Waals surface area contributed by atoms with Gasteiger partial charge >= 0.3 is 0 Å². The molecule has 1 rings (SSSR count). The first-order valence-corrected chi connectivity index (χ1v) is 6.41. The normalized spacial score (nSPS) is 10.2. The highest BCUT2D eigenvalue weighted by Crippen LogP contribution is 2.26. The molecule has 1 amide bonds. The first kappa shape index (κ1) is 13.9.